The van der Waals surface area contributed by atoms with Gasteiger partial charge in [-0.25, -0.2) is 4.79 Å². The first-order chi connectivity index (χ1) is 13.4. The molecule has 1 amide bonds. The van der Waals surface area contributed by atoms with Crippen molar-refractivity contribution in [3.05, 3.63) is 65.2 Å². The van der Waals surface area contributed by atoms with E-state index < -0.39 is 11.7 Å². The summed E-state index contributed by atoms with van der Waals surface area (Å²) >= 11 is 0. The molecule has 148 valence electrons. The van der Waals surface area contributed by atoms with Crippen LogP contribution in [0.15, 0.2) is 48.5 Å². The van der Waals surface area contributed by atoms with E-state index in [1.54, 1.807) is 11.0 Å². The number of nitrogens with one attached hydrogen (secondary N) is 1. The molecule has 2 aromatic rings. The monoisotopic (exact) mass is 390 g/mol. The summed E-state index contributed by atoms with van der Waals surface area (Å²) in [6.07, 6.45) is -3.31. The molecule has 0 saturated carbocycles. The first-order valence-electron chi connectivity index (χ1n) is 9.29. The van der Waals surface area contributed by atoms with Gasteiger partial charge in [-0.3, -0.25) is 0 Å². The number of likely N-dealkylation sites (tertiary alicyclic amines) is 1. The molecule has 4 nitrogen and oxygen atoms in total. The summed E-state index contributed by atoms with van der Waals surface area (Å²) in [6, 6.07) is 13.4. The summed E-state index contributed by atoms with van der Waals surface area (Å²) in [6.45, 7) is 1.87. The second-order valence-electron chi connectivity index (χ2n) is 7.42. The maximum absolute atomic E-state index is 12.9. The van der Waals surface area contributed by atoms with Gasteiger partial charge in [-0.2, -0.15) is 13.2 Å². The summed E-state index contributed by atoms with van der Waals surface area (Å²) < 4.78 is 44.2. The Morgan fingerprint density at radius 1 is 1.11 bits per heavy atom. The fraction of sp³-hybridized carbons (Fsp3) is 0.381. The minimum Gasteiger partial charge on any atom is -0.445 e. The number of benzene rings is 2. The number of ether oxygens (including phenoxy) is 1. The predicted molar refractivity (Wildman–Crippen MR) is 99.0 cm³/mol. The molecule has 2 heterocycles. The maximum Gasteiger partial charge on any atom is 0.416 e. The summed E-state index contributed by atoms with van der Waals surface area (Å²) in [7, 11) is 0. The molecule has 2 aromatic carbocycles. The fourth-order valence-corrected chi connectivity index (χ4v) is 4.06. The number of carbonyl (C=O) groups excluding carboxylic acids is 1. The molecule has 0 unspecified atom stereocenters. The van der Waals surface area contributed by atoms with E-state index in [0.717, 1.165) is 17.2 Å². The molecule has 1 saturated heterocycles. The van der Waals surface area contributed by atoms with Gasteiger partial charge in [0.1, 0.15) is 6.61 Å². The van der Waals surface area contributed by atoms with Crippen LogP contribution in [0.3, 0.4) is 0 Å². The normalized spacial score (nSPS) is 17.9. The Balaban J connectivity index is 1.39. The standard InChI is InChI=1S/C21H21F3N2O2/c22-21(23,24)16-6-7-17-18(12-16)25-14-20(17)8-10-26(11-9-20)19(27)28-13-15-4-2-1-3-5-15/h1-7,12,25H,8-11,13-14H2. The Labute approximate surface area is 161 Å². The van der Waals surface area contributed by atoms with Crippen molar-refractivity contribution in [3.63, 3.8) is 0 Å². The molecule has 1 spiro atoms. The number of nitrogens with zero attached hydrogens (tertiary/aromatic N) is 1. The molecular formula is C21H21F3N2O2. The molecule has 2 aliphatic heterocycles. The van der Waals surface area contributed by atoms with Gasteiger partial charge in [0.2, 0.25) is 0 Å². The molecule has 0 radical (unpaired) electrons. The zero-order chi connectivity index (χ0) is 19.8. The number of fused-ring (bicyclic) bond motifs is 2. The van der Waals surface area contributed by atoms with Crippen molar-refractivity contribution in [2.75, 3.05) is 25.0 Å². The van der Waals surface area contributed by atoms with E-state index in [1.807, 2.05) is 30.3 Å². The lowest BCUT2D eigenvalue weighted by Gasteiger charge is -2.38. The number of hydrogen-bond donors (Lipinski definition) is 1. The lowest BCUT2D eigenvalue weighted by atomic mass is 9.74. The molecule has 1 N–H and O–H groups in total. The second-order valence-corrected chi connectivity index (χ2v) is 7.42. The van der Waals surface area contributed by atoms with Crippen LogP contribution >= 0.6 is 0 Å². The SMILES string of the molecule is O=C(OCc1ccccc1)N1CCC2(CC1)CNc1cc(C(F)(F)F)ccc12. The molecule has 1 fully saturated rings. The van der Waals surface area contributed by atoms with Crippen molar-refractivity contribution >= 4 is 11.8 Å². The van der Waals surface area contributed by atoms with Gasteiger partial charge in [-0.05, 0) is 36.1 Å². The van der Waals surface area contributed by atoms with Crippen LogP contribution in [0, 0.1) is 0 Å². The largest absolute Gasteiger partial charge is 0.445 e. The van der Waals surface area contributed by atoms with Gasteiger partial charge in [0.05, 0.1) is 5.56 Å². The lowest BCUT2D eigenvalue weighted by Crippen LogP contribution is -2.46. The minimum atomic E-state index is -4.35. The summed E-state index contributed by atoms with van der Waals surface area (Å²) in [5.41, 5.74) is 1.53. The van der Waals surface area contributed by atoms with Gasteiger partial charge in [0.25, 0.3) is 0 Å². The number of anilines is 1. The van der Waals surface area contributed by atoms with Gasteiger partial charge in [0.15, 0.2) is 0 Å². The molecule has 0 aromatic heterocycles. The van der Waals surface area contributed by atoms with Crippen molar-refractivity contribution in [3.8, 4) is 0 Å². The first kappa shape index (κ1) is 18.7. The van der Waals surface area contributed by atoms with Gasteiger partial charge in [0, 0.05) is 30.7 Å². The van der Waals surface area contributed by atoms with Crippen LogP contribution < -0.4 is 5.32 Å². The third-order valence-electron chi connectivity index (χ3n) is 5.72. The Hall–Kier alpha value is -2.70. The van der Waals surface area contributed by atoms with Gasteiger partial charge < -0.3 is 15.0 Å². The Bertz CT molecular complexity index is 860. The zero-order valence-corrected chi connectivity index (χ0v) is 15.3. The van der Waals surface area contributed by atoms with Crippen molar-refractivity contribution in [1.82, 2.24) is 4.90 Å². The van der Waals surface area contributed by atoms with E-state index in [4.69, 9.17) is 4.74 Å². The smallest absolute Gasteiger partial charge is 0.416 e. The summed E-state index contributed by atoms with van der Waals surface area (Å²) in [5, 5.41) is 3.13. The highest BCUT2D eigenvalue weighted by Crippen LogP contribution is 2.45. The van der Waals surface area contributed by atoms with Gasteiger partial charge in [-0.15, -0.1) is 0 Å². The van der Waals surface area contributed by atoms with Crippen LogP contribution in [-0.2, 0) is 22.9 Å². The number of hydrogen-bond acceptors (Lipinski definition) is 3. The van der Waals surface area contributed by atoms with Gasteiger partial charge >= 0.3 is 12.3 Å². The molecule has 2 aliphatic rings. The van der Waals surface area contributed by atoms with Crippen molar-refractivity contribution in [2.45, 2.75) is 31.0 Å². The molecule has 0 atom stereocenters. The van der Waals surface area contributed by atoms with Crippen LogP contribution in [0.25, 0.3) is 0 Å². The fourth-order valence-electron chi connectivity index (χ4n) is 4.06. The van der Waals surface area contributed by atoms with Crippen LogP contribution in [0.1, 0.15) is 29.5 Å². The van der Waals surface area contributed by atoms with Gasteiger partial charge in [-0.1, -0.05) is 36.4 Å². The second kappa shape index (κ2) is 7.04. The minimum absolute atomic E-state index is 0.227. The molecular weight excluding hydrogens is 369 g/mol. The number of amides is 1. The van der Waals surface area contributed by atoms with Crippen LogP contribution in [0.2, 0.25) is 0 Å². The average molecular weight is 390 g/mol. The number of rotatable bonds is 2. The number of piperidine rings is 1. The van der Waals surface area contributed by atoms with E-state index in [9.17, 15) is 18.0 Å². The molecule has 0 aliphatic carbocycles. The average Bonchev–Trinajstić information content (AvgIpc) is 3.04. The van der Waals surface area contributed by atoms with Crippen molar-refractivity contribution in [1.29, 1.82) is 0 Å². The lowest BCUT2D eigenvalue weighted by molar-refractivity contribution is -0.137. The van der Waals surface area contributed by atoms with Crippen LogP contribution in [0.4, 0.5) is 23.7 Å². The number of halogens is 3. The Morgan fingerprint density at radius 3 is 2.50 bits per heavy atom. The molecule has 7 heteroatoms. The Kier molecular flexibility index (Phi) is 4.69. The van der Waals surface area contributed by atoms with E-state index in [0.29, 0.717) is 38.2 Å². The van der Waals surface area contributed by atoms with E-state index in [2.05, 4.69) is 5.32 Å². The van der Waals surface area contributed by atoms with Crippen LogP contribution in [0.5, 0.6) is 0 Å². The zero-order valence-electron chi connectivity index (χ0n) is 15.3. The molecule has 28 heavy (non-hydrogen) atoms. The first-order valence-corrected chi connectivity index (χ1v) is 9.29. The summed E-state index contributed by atoms with van der Waals surface area (Å²) in [4.78, 5) is 14.0. The van der Waals surface area contributed by atoms with E-state index in [-0.39, 0.29) is 18.1 Å². The highest BCUT2D eigenvalue weighted by Gasteiger charge is 2.43. The topological polar surface area (TPSA) is 41.6 Å². The molecule has 4 rings (SSSR count). The van der Waals surface area contributed by atoms with Crippen molar-refractivity contribution < 1.29 is 22.7 Å². The summed E-state index contributed by atoms with van der Waals surface area (Å²) in [5.74, 6) is 0. The highest BCUT2D eigenvalue weighted by atomic mass is 19.4. The molecule has 0 bridgehead atoms. The van der Waals surface area contributed by atoms with Crippen LogP contribution in [-0.4, -0.2) is 30.6 Å². The number of carbonyl (C=O) groups is 1. The maximum atomic E-state index is 12.9. The third-order valence-corrected chi connectivity index (χ3v) is 5.72. The van der Waals surface area contributed by atoms with Crippen molar-refractivity contribution in [2.24, 2.45) is 0 Å². The number of alkyl halides is 3. The van der Waals surface area contributed by atoms with E-state index in [1.165, 1.54) is 6.07 Å². The highest BCUT2D eigenvalue weighted by molar-refractivity contribution is 5.68. The quantitative estimate of drug-likeness (QED) is 0.801. The predicted octanol–water partition coefficient (Wildman–Crippen LogP) is 4.80. The Morgan fingerprint density at radius 2 is 1.82 bits per heavy atom. The van der Waals surface area contributed by atoms with E-state index >= 15 is 0 Å². The third kappa shape index (κ3) is 3.53.